The lowest BCUT2D eigenvalue weighted by Crippen LogP contribution is -2.34. The molecule has 1 unspecified atom stereocenters. The second-order valence-corrected chi connectivity index (χ2v) is 7.32. The van der Waals surface area contributed by atoms with Gasteiger partial charge in [0.2, 0.25) is 0 Å². The largest absolute Gasteiger partial charge is 0.336 e. The average Bonchev–Trinajstić information content (AvgIpc) is 3.19. The van der Waals surface area contributed by atoms with E-state index < -0.39 is 17.8 Å². The molecule has 2 heterocycles. The molecule has 1 atom stereocenters. The first-order chi connectivity index (χ1) is 10.6. The van der Waals surface area contributed by atoms with E-state index in [1.807, 2.05) is 11.8 Å². The van der Waals surface area contributed by atoms with Crippen LogP contribution in [0, 0.1) is 11.3 Å². The van der Waals surface area contributed by atoms with Gasteiger partial charge in [0.25, 0.3) is 11.8 Å². The number of carbonyl (C=O) groups excluding carboxylic acids is 3. The number of benzene rings is 1. The third-order valence-corrected chi connectivity index (χ3v) is 5.89. The molecule has 0 radical (unpaired) electrons. The third-order valence-electron chi connectivity index (χ3n) is 4.90. The molecule has 0 aromatic heterocycles. The van der Waals surface area contributed by atoms with Gasteiger partial charge in [0.1, 0.15) is 0 Å². The van der Waals surface area contributed by atoms with Crippen LogP contribution in [0.4, 0.5) is 0 Å². The summed E-state index contributed by atoms with van der Waals surface area (Å²) in [5.74, 6) is 0.415. The molecule has 2 amide bonds. The molecule has 2 fully saturated rings. The second kappa shape index (κ2) is 4.84. The Kier molecular flexibility index (Phi) is 3.04. The number of imide groups is 1. The van der Waals surface area contributed by atoms with Crippen molar-refractivity contribution in [2.75, 3.05) is 11.5 Å². The van der Waals surface area contributed by atoms with Crippen LogP contribution in [0.2, 0.25) is 0 Å². The van der Waals surface area contributed by atoms with E-state index in [1.54, 1.807) is 24.3 Å². The van der Waals surface area contributed by atoms with Crippen LogP contribution in [0.5, 0.6) is 0 Å². The fraction of sp³-hybridized carbons (Fsp3) is 0.438. The van der Waals surface area contributed by atoms with Gasteiger partial charge in [-0.05, 0) is 48.3 Å². The lowest BCUT2D eigenvalue weighted by atomic mass is 9.96. The van der Waals surface area contributed by atoms with Crippen molar-refractivity contribution in [2.24, 2.45) is 11.3 Å². The maximum atomic E-state index is 12.3. The van der Waals surface area contributed by atoms with E-state index in [0.29, 0.717) is 16.2 Å². The molecule has 0 N–H and O–H groups in total. The standard InChI is InChI=1S/C16H15NO4S/c18-13-10-3-1-2-4-11(10)14(19)17(13)21-15(20)12-9-16(12)5-7-22-8-6-16/h1-4,12H,5-9H2. The summed E-state index contributed by atoms with van der Waals surface area (Å²) in [7, 11) is 0. The lowest BCUT2D eigenvalue weighted by molar-refractivity contribution is -0.171. The first kappa shape index (κ1) is 13.8. The molecule has 1 aromatic carbocycles. The number of fused-ring (bicyclic) bond motifs is 1. The number of thioether (sulfide) groups is 1. The van der Waals surface area contributed by atoms with Gasteiger partial charge in [0.05, 0.1) is 17.0 Å². The zero-order chi connectivity index (χ0) is 15.3. The fourth-order valence-electron chi connectivity index (χ4n) is 3.42. The Bertz CT molecular complexity index is 645. The minimum absolute atomic E-state index is 0.0566. The number of carbonyl (C=O) groups is 3. The fourth-order valence-corrected chi connectivity index (χ4v) is 4.72. The van der Waals surface area contributed by atoms with Gasteiger partial charge in [-0.2, -0.15) is 11.8 Å². The molecular weight excluding hydrogens is 302 g/mol. The van der Waals surface area contributed by atoms with E-state index in [9.17, 15) is 14.4 Å². The molecule has 1 aliphatic carbocycles. The molecule has 1 saturated heterocycles. The monoisotopic (exact) mass is 317 g/mol. The zero-order valence-corrected chi connectivity index (χ0v) is 12.7. The Labute approximate surface area is 131 Å². The summed E-state index contributed by atoms with van der Waals surface area (Å²) in [6.45, 7) is 0. The predicted octanol–water partition coefficient (Wildman–Crippen LogP) is 2.27. The highest BCUT2D eigenvalue weighted by atomic mass is 32.2. The minimum Gasteiger partial charge on any atom is -0.329 e. The van der Waals surface area contributed by atoms with Gasteiger partial charge in [0, 0.05) is 0 Å². The molecule has 2 aliphatic heterocycles. The summed E-state index contributed by atoms with van der Waals surface area (Å²) in [4.78, 5) is 41.8. The molecule has 22 heavy (non-hydrogen) atoms. The van der Waals surface area contributed by atoms with Gasteiger partial charge in [-0.25, -0.2) is 4.79 Å². The number of hydrogen-bond acceptors (Lipinski definition) is 5. The number of hydroxylamine groups is 2. The summed E-state index contributed by atoms with van der Waals surface area (Å²) < 4.78 is 0. The molecule has 3 aliphatic rings. The molecule has 114 valence electrons. The van der Waals surface area contributed by atoms with Crippen molar-refractivity contribution in [3.63, 3.8) is 0 Å². The van der Waals surface area contributed by atoms with Gasteiger partial charge >= 0.3 is 5.97 Å². The summed E-state index contributed by atoms with van der Waals surface area (Å²) >= 11 is 1.91. The Morgan fingerprint density at radius 1 is 1.14 bits per heavy atom. The normalized spacial score (nSPS) is 25.3. The third kappa shape index (κ3) is 1.97. The van der Waals surface area contributed by atoms with Gasteiger partial charge in [-0.15, -0.1) is 0 Å². The van der Waals surface area contributed by atoms with Crippen LogP contribution in [0.3, 0.4) is 0 Å². The maximum Gasteiger partial charge on any atom is 0.336 e. The number of nitrogens with zero attached hydrogens (tertiary/aromatic N) is 1. The Balaban J connectivity index is 1.48. The summed E-state index contributed by atoms with van der Waals surface area (Å²) in [6.07, 6.45) is 2.84. The van der Waals surface area contributed by atoms with Crippen molar-refractivity contribution in [1.82, 2.24) is 5.06 Å². The predicted molar refractivity (Wildman–Crippen MR) is 80.1 cm³/mol. The average molecular weight is 317 g/mol. The molecule has 4 rings (SSSR count). The second-order valence-electron chi connectivity index (χ2n) is 6.09. The van der Waals surface area contributed by atoms with Crippen molar-refractivity contribution < 1.29 is 19.2 Å². The highest BCUT2D eigenvalue weighted by molar-refractivity contribution is 7.99. The first-order valence-corrected chi connectivity index (χ1v) is 8.55. The van der Waals surface area contributed by atoms with Crippen LogP contribution in [0.25, 0.3) is 0 Å². The van der Waals surface area contributed by atoms with Crippen molar-refractivity contribution in [3.05, 3.63) is 35.4 Å². The van der Waals surface area contributed by atoms with Crippen LogP contribution in [0.15, 0.2) is 24.3 Å². The molecule has 6 heteroatoms. The molecular formula is C16H15NO4S. The first-order valence-electron chi connectivity index (χ1n) is 7.40. The SMILES string of the molecule is O=C(ON1C(=O)c2ccccc2C1=O)C1CC12CCSCC2. The molecule has 1 aromatic rings. The van der Waals surface area contributed by atoms with E-state index >= 15 is 0 Å². The highest BCUT2D eigenvalue weighted by Gasteiger charge is 2.59. The van der Waals surface area contributed by atoms with Crippen LogP contribution < -0.4 is 0 Å². The van der Waals surface area contributed by atoms with E-state index in [0.717, 1.165) is 30.8 Å². The van der Waals surface area contributed by atoms with Gasteiger partial charge in [0.15, 0.2) is 0 Å². The quantitative estimate of drug-likeness (QED) is 0.783. The molecule has 5 nitrogen and oxygen atoms in total. The topological polar surface area (TPSA) is 63.7 Å². The van der Waals surface area contributed by atoms with E-state index in [1.165, 1.54) is 0 Å². The highest BCUT2D eigenvalue weighted by Crippen LogP contribution is 2.61. The minimum atomic E-state index is -0.553. The van der Waals surface area contributed by atoms with E-state index in [-0.39, 0.29) is 11.3 Å². The van der Waals surface area contributed by atoms with Crippen LogP contribution in [-0.2, 0) is 9.63 Å². The van der Waals surface area contributed by atoms with Crippen molar-refractivity contribution in [1.29, 1.82) is 0 Å². The van der Waals surface area contributed by atoms with Crippen LogP contribution in [0.1, 0.15) is 40.0 Å². The molecule has 0 bridgehead atoms. The maximum absolute atomic E-state index is 12.3. The Morgan fingerprint density at radius 2 is 1.73 bits per heavy atom. The van der Waals surface area contributed by atoms with Crippen LogP contribution >= 0.6 is 11.8 Å². The zero-order valence-electron chi connectivity index (χ0n) is 11.9. The van der Waals surface area contributed by atoms with E-state index in [4.69, 9.17) is 4.84 Å². The number of amides is 2. The van der Waals surface area contributed by atoms with Crippen molar-refractivity contribution in [3.8, 4) is 0 Å². The van der Waals surface area contributed by atoms with Crippen molar-refractivity contribution >= 4 is 29.5 Å². The molecule has 1 saturated carbocycles. The van der Waals surface area contributed by atoms with Gasteiger partial charge in [-0.3, -0.25) is 9.59 Å². The summed E-state index contributed by atoms with van der Waals surface area (Å²) in [5, 5.41) is 0.622. The van der Waals surface area contributed by atoms with E-state index in [2.05, 4.69) is 0 Å². The summed E-state index contributed by atoms with van der Waals surface area (Å²) in [5.41, 5.74) is 0.640. The number of rotatable bonds is 2. The van der Waals surface area contributed by atoms with Crippen molar-refractivity contribution in [2.45, 2.75) is 19.3 Å². The number of hydrogen-bond donors (Lipinski definition) is 0. The lowest BCUT2D eigenvalue weighted by Gasteiger charge is -2.22. The molecule has 1 spiro atoms. The summed E-state index contributed by atoms with van der Waals surface area (Å²) in [6, 6.07) is 6.51. The van der Waals surface area contributed by atoms with Crippen LogP contribution in [-0.4, -0.2) is 34.4 Å². The Morgan fingerprint density at radius 3 is 2.32 bits per heavy atom. The van der Waals surface area contributed by atoms with Gasteiger partial charge < -0.3 is 4.84 Å². The van der Waals surface area contributed by atoms with Gasteiger partial charge in [-0.1, -0.05) is 17.2 Å². The smallest absolute Gasteiger partial charge is 0.329 e. The Hall–Kier alpha value is -1.82.